The largest absolute Gasteiger partial charge is 0.497 e. The van der Waals surface area contributed by atoms with Crippen molar-refractivity contribution in [1.82, 2.24) is 19.5 Å². The summed E-state index contributed by atoms with van der Waals surface area (Å²) in [6, 6.07) is 13.4. The molecule has 140 valence electrons. The Morgan fingerprint density at radius 1 is 1.04 bits per heavy atom. The van der Waals surface area contributed by atoms with Crippen LogP contribution < -0.4 is 21.5 Å². The highest BCUT2D eigenvalue weighted by atomic mass is 35.5. The van der Waals surface area contributed by atoms with Gasteiger partial charge in [-0.3, -0.25) is 10.2 Å². The number of aromatic amines is 2. The van der Waals surface area contributed by atoms with E-state index in [1.54, 1.807) is 55.6 Å². The monoisotopic (exact) mass is 395 g/mol. The van der Waals surface area contributed by atoms with E-state index in [1.807, 2.05) is 0 Å². The number of methoxy groups -OCH3 is 1. The van der Waals surface area contributed by atoms with Crippen LogP contribution in [0.2, 0.25) is 5.02 Å². The van der Waals surface area contributed by atoms with E-state index in [2.05, 4.69) is 15.0 Å². The molecular weight excluding hydrogens is 382 g/mol. The van der Waals surface area contributed by atoms with Crippen LogP contribution in [0.25, 0.3) is 28.1 Å². The van der Waals surface area contributed by atoms with Crippen LogP contribution in [-0.4, -0.2) is 26.6 Å². The third-order valence-corrected chi connectivity index (χ3v) is 4.50. The third-order valence-electron chi connectivity index (χ3n) is 4.25. The van der Waals surface area contributed by atoms with Crippen molar-refractivity contribution >= 4 is 22.6 Å². The predicted octanol–water partition coefficient (Wildman–Crippen LogP) is 2.21. The predicted molar refractivity (Wildman–Crippen MR) is 105 cm³/mol. The summed E-state index contributed by atoms with van der Waals surface area (Å²) in [5.41, 5.74) is -0.272. The molecule has 0 radical (unpaired) electrons. The molecule has 0 unspecified atom stereocenters. The lowest BCUT2D eigenvalue weighted by molar-refractivity contribution is 0.415. The van der Waals surface area contributed by atoms with Gasteiger partial charge in [0.05, 0.1) is 12.8 Å². The first-order valence-corrected chi connectivity index (χ1v) is 8.60. The Morgan fingerprint density at radius 2 is 1.71 bits per heavy atom. The maximum absolute atomic E-state index is 12.5. The first-order chi connectivity index (χ1) is 13.5. The fraction of sp³-hybridized carbons (Fsp3) is 0.0526. The van der Waals surface area contributed by atoms with Crippen molar-refractivity contribution in [2.75, 3.05) is 7.11 Å². The zero-order valence-electron chi connectivity index (χ0n) is 14.6. The minimum atomic E-state index is -0.621. The van der Waals surface area contributed by atoms with Crippen LogP contribution in [0.5, 0.6) is 5.75 Å². The summed E-state index contributed by atoms with van der Waals surface area (Å²) < 4.78 is 6.26. The fourth-order valence-electron chi connectivity index (χ4n) is 2.85. The molecule has 0 aliphatic heterocycles. The van der Waals surface area contributed by atoms with Crippen molar-refractivity contribution in [3.63, 3.8) is 0 Å². The molecule has 8 nitrogen and oxygen atoms in total. The topological polar surface area (TPSA) is 117 Å². The van der Waals surface area contributed by atoms with Crippen LogP contribution in [0, 0.1) is 5.41 Å². The number of H-pyrrole nitrogens is 2. The number of fused-ring (bicyclic) bond motifs is 1. The van der Waals surface area contributed by atoms with Gasteiger partial charge in [-0.1, -0.05) is 11.6 Å². The van der Waals surface area contributed by atoms with E-state index in [0.717, 1.165) is 4.57 Å². The average molecular weight is 396 g/mol. The van der Waals surface area contributed by atoms with E-state index in [4.69, 9.17) is 21.7 Å². The Labute approximate surface area is 162 Å². The summed E-state index contributed by atoms with van der Waals surface area (Å²) in [5, 5.41) is 8.97. The lowest BCUT2D eigenvalue weighted by Crippen LogP contribution is -2.36. The number of hydrogen-bond acceptors (Lipinski definition) is 5. The lowest BCUT2D eigenvalue weighted by atomic mass is 10.2. The molecule has 9 heteroatoms. The fourth-order valence-corrected chi connectivity index (χ4v) is 2.98. The Balaban J connectivity index is 1.98. The van der Waals surface area contributed by atoms with Gasteiger partial charge in [-0.05, 0) is 48.5 Å². The summed E-state index contributed by atoms with van der Waals surface area (Å²) in [4.78, 5) is 34.5. The van der Waals surface area contributed by atoms with Gasteiger partial charge in [-0.15, -0.1) is 0 Å². The second-order valence-electron chi connectivity index (χ2n) is 5.96. The quantitative estimate of drug-likeness (QED) is 0.493. The number of ether oxygens (including phenoxy) is 1. The lowest BCUT2D eigenvalue weighted by Gasteiger charge is -2.09. The number of aromatic nitrogens is 4. The first kappa shape index (κ1) is 17.7. The molecule has 2 aromatic heterocycles. The van der Waals surface area contributed by atoms with Crippen molar-refractivity contribution < 1.29 is 4.74 Å². The van der Waals surface area contributed by atoms with Crippen LogP contribution in [0.3, 0.4) is 0 Å². The second-order valence-corrected chi connectivity index (χ2v) is 6.39. The van der Waals surface area contributed by atoms with E-state index in [0.29, 0.717) is 22.0 Å². The molecule has 28 heavy (non-hydrogen) atoms. The van der Waals surface area contributed by atoms with Gasteiger partial charge < -0.3 is 14.7 Å². The Bertz CT molecular complexity index is 1350. The summed E-state index contributed by atoms with van der Waals surface area (Å²) >= 11 is 5.90. The van der Waals surface area contributed by atoms with Crippen LogP contribution in [0.4, 0.5) is 0 Å². The van der Waals surface area contributed by atoms with Crippen molar-refractivity contribution in [3.05, 3.63) is 79.9 Å². The van der Waals surface area contributed by atoms with Crippen molar-refractivity contribution in [1.29, 1.82) is 5.41 Å². The number of halogens is 1. The number of rotatable bonds is 3. The van der Waals surface area contributed by atoms with Gasteiger partial charge >= 0.3 is 5.69 Å². The number of nitrogens with one attached hydrogen (secondary N) is 3. The molecule has 2 aromatic carbocycles. The van der Waals surface area contributed by atoms with E-state index in [9.17, 15) is 9.59 Å². The summed E-state index contributed by atoms with van der Waals surface area (Å²) in [5.74, 6) is 0.946. The molecule has 0 fully saturated rings. The standard InChI is InChI=1S/C19H14ClN5O3/c1-28-13-8-2-10(3-9-13)17-22-14-15(18(26)24-17)23-19(27)25(16(14)21)12-6-4-11(20)5-7-12/h2-9,21H,1H3,(H,23,27)(H,22,24,26). The SMILES string of the molecule is COc1ccc(-c2nc3c(=N)n(-c4ccc(Cl)cc4)c(=O)[nH]c3c(=O)[nH]2)cc1. The first-order valence-electron chi connectivity index (χ1n) is 8.22. The van der Waals surface area contributed by atoms with E-state index in [1.165, 1.54) is 0 Å². The summed E-state index contributed by atoms with van der Waals surface area (Å²) in [6.07, 6.45) is 0. The second kappa shape index (κ2) is 6.82. The summed E-state index contributed by atoms with van der Waals surface area (Å²) in [7, 11) is 1.56. The maximum Gasteiger partial charge on any atom is 0.332 e. The smallest absolute Gasteiger partial charge is 0.332 e. The van der Waals surface area contributed by atoms with Gasteiger partial charge in [-0.25, -0.2) is 14.3 Å². The molecule has 3 N–H and O–H groups in total. The molecule has 0 saturated heterocycles. The molecule has 0 amide bonds. The van der Waals surface area contributed by atoms with Gasteiger partial charge in [0.25, 0.3) is 5.56 Å². The minimum Gasteiger partial charge on any atom is -0.497 e. The highest BCUT2D eigenvalue weighted by Gasteiger charge is 2.13. The summed E-state index contributed by atoms with van der Waals surface area (Å²) in [6.45, 7) is 0. The van der Waals surface area contributed by atoms with Crippen LogP contribution in [-0.2, 0) is 0 Å². The van der Waals surface area contributed by atoms with E-state index in [-0.39, 0.29) is 22.3 Å². The van der Waals surface area contributed by atoms with Crippen molar-refractivity contribution in [3.8, 4) is 22.8 Å². The van der Waals surface area contributed by atoms with Crippen LogP contribution in [0.1, 0.15) is 0 Å². The molecular formula is C19H14ClN5O3. The van der Waals surface area contributed by atoms with Gasteiger partial charge in [0.2, 0.25) is 0 Å². The molecule has 4 rings (SSSR count). The molecule has 0 saturated carbocycles. The minimum absolute atomic E-state index is 0.0579. The molecule has 0 aliphatic rings. The third kappa shape index (κ3) is 2.99. The van der Waals surface area contributed by atoms with Gasteiger partial charge in [0, 0.05) is 10.6 Å². The molecule has 0 atom stereocenters. The Morgan fingerprint density at radius 3 is 2.36 bits per heavy atom. The highest BCUT2D eigenvalue weighted by molar-refractivity contribution is 6.30. The zero-order chi connectivity index (χ0) is 19.8. The number of benzene rings is 2. The molecule has 0 spiro atoms. The Kier molecular flexibility index (Phi) is 4.32. The maximum atomic E-state index is 12.5. The molecule has 2 heterocycles. The number of hydrogen-bond donors (Lipinski definition) is 3. The molecule has 0 aliphatic carbocycles. The van der Waals surface area contributed by atoms with E-state index < -0.39 is 11.2 Å². The van der Waals surface area contributed by atoms with Crippen molar-refractivity contribution in [2.24, 2.45) is 0 Å². The van der Waals surface area contributed by atoms with Gasteiger partial charge in [0.15, 0.2) is 5.49 Å². The molecule has 4 aromatic rings. The van der Waals surface area contributed by atoms with E-state index >= 15 is 0 Å². The average Bonchev–Trinajstić information content (AvgIpc) is 2.70. The van der Waals surface area contributed by atoms with Gasteiger partial charge in [0.1, 0.15) is 22.6 Å². The zero-order valence-corrected chi connectivity index (χ0v) is 15.4. The van der Waals surface area contributed by atoms with Crippen molar-refractivity contribution in [2.45, 2.75) is 0 Å². The van der Waals surface area contributed by atoms with Crippen LogP contribution >= 0.6 is 11.6 Å². The molecule has 0 bridgehead atoms. The highest BCUT2D eigenvalue weighted by Crippen LogP contribution is 2.19. The normalized spacial score (nSPS) is 10.9. The van der Waals surface area contributed by atoms with Crippen LogP contribution in [0.15, 0.2) is 58.1 Å². The number of nitrogens with zero attached hydrogens (tertiary/aromatic N) is 2. The Hall–Kier alpha value is -3.65. The van der Waals surface area contributed by atoms with Gasteiger partial charge in [-0.2, -0.15) is 0 Å².